The van der Waals surface area contributed by atoms with Gasteiger partial charge in [0.05, 0.1) is 4.90 Å². The van der Waals surface area contributed by atoms with Crippen LogP contribution in [0.2, 0.25) is 0 Å². The van der Waals surface area contributed by atoms with Crippen molar-refractivity contribution in [1.29, 1.82) is 0 Å². The molecule has 3 aromatic rings. The summed E-state index contributed by atoms with van der Waals surface area (Å²) in [5.41, 5.74) is 3.08. The number of amidine groups is 1. The van der Waals surface area contributed by atoms with E-state index in [1.54, 1.807) is 24.3 Å². The number of anilines is 1. The third kappa shape index (κ3) is 3.87. The normalized spacial score (nSPS) is 18.9. The van der Waals surface area contributed by atoms with E-state index in [-0.39, 0.29) is 4.90 Å². The molecule has 1 unspecified atom stereocenters. The summed E-state index contributed by atoms with van der Waals surface area (Å²) in [6, 6.07) is 16.2. The Morgan fingerprint density at radius 3 is 2.60 bits per heavy atom. The van der Waals surface area contributed by atoms with E-state index in [1.807, 2.05) is 30.3 Å². The van der Waals surface area contributed by atoms with Gasteiger partial charge in [-0.05, 0) is 54.1 Å². The largest absolute Gasteiger partial charge is 0.309 e. The zero-order valence-corrected chi connectivity index (χ0v) is 18.3. The molecule has 1 N–H and O–H groups in total. The molecule has 1 aliphatic carbocycles. The number of fused-ring (bicyclic) bond motifs is 1. The van der Waals surface area contributed by atoms with Crippen molar-refractivity contribution >= 4 is 53.5 Å². The molecule has 2 aliphatic rings. The lowest BCUT2D eigenvalue weighted by molar-refractivity contribution is 0.306. The molecule has 30 heavy (non-hydrogen) atoms. The fraction of sp³-hybridized carbons (Fsp3) is 0.250. The number of hydrogen-bond donors (Lipinski definition) is 1. The van der Waals surface area contributed by atoms with Crippen molar-refractivity contribution in [2.75, 3.05) is 10.8 Å². The minimum absolute atomic E-state index is 0.208. The molecule has 156 valence electrons. The first-order valence-corrected chi connectivity index (χ1v) is 12.9. The van der Waals surface area contributed by atoms with Crippen molar-refractivity contribution in [2.45, 2.75) is 24.2 Å². The quantitative estimate of drug-likeness (QED) is 0.579. The van der Waals surface area contributed by atoms with Crippen LogP contribution in [-0.4, -0.2) is 25.0 Å². The average molecular weight is 462 g/mol. The lowest BCUT2D eigenvalue weighted by atomic mass is 10.2. The van der Waals surface area contributed by atoms with Crippen LogP contribution in [-0.2, 0) is 25.6 Å². The Morgan fingerprint density at radius 2 is 1.93 bits per heavy atom. The molecule has 2 aromatic carbocycles. The first-order chi connectivity index (χ1) is 14.5. The predicted octanol–water partition coefficient (Wildman–Crippen LogP) is 3.76. The molecule has 1 fully saturated rings. The average Bonchev–Trinajstić information content (AvgIpc) is 3.30. The highest BCUT2D eigenvalue weighted by Crippen LogP contribution is 2.38. The van der Waals surface area contributed by atoms with Crippen molar-refractivity contribution < 1.29 is 16.9 Å². The molecule has 0 amide bonds. The molecule has 1 saturated carbocycles. The van der Waals surface area contributed by atoms with E-state index in [2.05, 4.69) is 9.88 Å². The molecule has 2 heterocycles. The van der Waals surface area contributed by atoms with E-state index < -0.39 is 21.3 Å². The summed E-state index contributed by atoms with van der Waals surface area (Å²) in [5, 5.41) is 1.77. The van der Waals surface area contributed by atoms with Crippen LogP contribution in [0, 0.1) is 5.92 Å². The molecule has 10 heteroatoms. The molecule has 0 radical (unpaired) electrons. The predicted molar refractivity (Wildman–Crippen MR) is 119 cm³/mol. The zero-order chi connectivity index (χ0) is 20.7. The van der Waals surface area contributed by atoms with E-state index in [1.165, 1.54) is 28.5 Å². The Kier molecular flexibility index (Phi) is 5.10. The van der Waals surface area contributed by atoms with Gasteiger partial charge in [-0.1, -0.05) is 31.0 Å². The molecule has 1 atom stereocenters. The lowest BCUT2D eigenvalue weighted by Gasteiger charge is -2.23. The van der Waals surface area contributed by atoms with Crippen molar-refractivity contribution in [2.24, 2.45) is 10.3 Å². The van der Waals surface area contributed by atoms with Crippen LogP contribution >= 0.6 is 11.3 Å². The van der Waals surface area contributed by atoms with E-state index >= 15 is 0 Å². The Morgan fingerprint density at radius 1 is 1.17 bits per heavy atom. The standard InChI is InChI=1S/C20H19N3O4S3/c24-29-22-20(21-27-29)15-7-9-17(10-8-15)30(25,26)23(12-11-14-5-6-14)19-13-16-3-1-2-4-18(16)28-19/h1-4,7-10,13-14H,5-6,11-12H2,(H,21,22). The van der Waals surface area contributed by atoms with Crippen LogP contribution < -0.4 is 9.79 Å². The van der Waals surface area contributed by atoms with E-state index in [0.717, 1.165) is 21.5 Å². The van der Waals surface area contributed by atoms with E-state index in [0.29, 0.717) is 23.9 Å². The number of hydroxylamine groups is 1. The Balaban J connectivity index is 1.48. The third-order valence-electron chi connectivity index (χ3n) is 5.19. The van der Waals surface area contributed by atoms with Gasteiger partial charge in [0.25, 0.3) is 10.0 Å². The van der Waals surface area contributed by atoms with E-state index in [9.17, 15) is 12.6 Å². The van der Waals surface area contributed by atoms with Gasteiger partial charge in [0.2, 0.25) is 0 Å². The highest BCUT2D eigenvalue weighted by atomic mass is 32.2. The van der Waals surface area contributed by atoms with Gasteiger partial charge in [-0.2, -0.15) is 4.28 Å². The van der Waals surface area contributed by atoms with Crippen LogP contribution in [0.5, 0.6) is 0 Å². The van der Waals surface area contributed by atoms with Crippen molar-refractivity contribution in [3.05, 3.63) is 60.2 Å². The maximum atomic E-state index is 13.5. The number of nitrogens with zero attached hydrogens (tertiary/aromatic N) is 2. The van der Waals surface area contributed by atoms with Gasteiger partial charge in [-0.25, -0.2) is 18.1 Å². The molecule has 0 bridgehead atoms. The van der Waals surface area contributed by atoms with Crippen molar-refractivity contribution in [3.63, 3.8) is 0 Å². The molecular formula is C20H19N3O4S3. The van der Waals surface area contributed by atoms with Crippen LogP contribution in [0.25, 0.3) is 10.1 Å². The lowest BCUT2D eigenvalue weighted by Crippen LogP contribution is -2.31. The van der Waals surface area contributed by atoms with Crippen LogP contribution in [0.1, 0.15) is 24.8 Å². The van der Waals surface area contributed by atoms with Crippen LogP contribution in [0.4, 0.5) is 5.00 Å². The summed E-state index contributed by atoms with van der Waals surface area (Å²) in [5.74, 6) is 0.930. The first kappa shape index (κ1) is 19.7. The van der Waals surface area contributed by atoms with Gasteiger partial charge in [0, 0.05) is 16.8 Å². The SMILES string of the molecule is O=S1N=C(c2ccc(S(=O)(=O)N(CCC3CC3)c3cc4ccccc4s3)cc2)NO1. The second kappa shape index (κ2) is 7.77. The van der Waals surface area contributed by atoms with Gasteiger partial charge in [0.15, 0.2) is 5.84 Å². The molecule has 7 nitrogen and oxygen atoms in total. The first-order valence-electron chi connectivity index (χ1n) is 9.56. The van der Waals surface area contributed by atoms with E-state index in [4.69, 9.17) is 4.28 Å². The maximum Gasteiger partial charge on any atom is 0.309 e. The number of nitrogens with one attached hydrogen (secondary N) is 1. The Bertz CT molecular complexity index is 1210. The molecule has 0 saturated heterocycles. The van der Waals surface area contributed by atoms with Crippen LogP contribution in [0.15, 0.2) is 63.9 Å². The fourth-order valence-electron chi connectivity index (χ4n) is 3.36. The number of hydrogen-bond acceptors (Lipinski definition) is 6. The van der Waals surface area contributed by atoms with Gasteiger partial charge < -0.3 is 0 Å². The molecule has 1 aliphatic heterocycles. The molecule has 1 aromatic heterocycles. The maximum absolute atomic E-state index is 13.5. The number of sulfonamides is 1. The minimum Gasteiger partial charge on any atom is -0.257 e. The van der Waals surface area contributed by atoms with Crippen LogP contribution in [0.3, 0.4) is 0 Å². The summed E-state index contributed by atoms with van der Waals surface area (Å²) in [6.45, 7) is 0.461. The van der Waals surface area contributed by atoms with Gasteiger partial charge in [-0.15, -0.1) is 15.7 Å². The second-order valence-corrected chi connectivity index (χ2v) is 11.0. The number of benzene rings is 2. The minimum atomic E-state index is -3.73. The topological polar surface area (TPSA) is 88.1 Å². The molecule has 5 rings (SSSR count). The summed E-state index contributed by atoms with van der Waals surface area (Å²) in [4.78, 5) is 0.208. The zero-order valence-electron chi connectivity index (χ0n) is 15.9. The monoisotopic (exact) mass is 461 g/mol. The third-order valence-corrected chi connectivity index (χ3v) is 8.83. The fourth-order valence-corrected chi connectivity index (χ4v) is 6.61. The highest BCUT2D eigenvalue weighted by molar-refractivity contribution is 7.93. The summed E-state index contributed by atoms with van der Waals surface area (Å²) < 4.78 is 49.4. The molecule has 0 spiro atoms. The highest BCUT2D eigenvalue weighted by Gasteiger charge is 2.30. The number of thiophene rings is 1. The second-order valence-electron chi connectivity index (χ2n) is 7.30. The van der Waals surface area contributed by atoms with Gasteiger partial charge >= 0.3 is 11.3 Å². The molecular weight excluding hydrogens is 442 g/mol. The Hall–Kier alpha value is -2.27. The summed E-state index contributed by atoms with van der Waals surface area (Å²) >= 11 is -0.276. The number of rotatable bonds is 7. The summed E-state index contributed by atoms with van der Waals surface area (Å²) in [7, 11) is -3.73. The van der Waals surface area contributed by atoms with Gasteiger partial charge in [0.1, 0.15) is 5.00 Å². The summed E-state index contributed by atoms with van der Waals surface area (Å²) in [6.07, 6.45) is 3.20. The smallest absolute Gasteiger partial charge is 0.257 e. The Labute approximate surface area is 181 Å². The van der Waals surface area contributed by atoms with Crippen molar-refractivity contribution in [3.8, 4) is 0 Å². The van der Waals surface area contributed by atoms with Crippen molar-refractivity contribution in [1.82, 2.24) is 5.48 Å². The van der Waals surface area contributed by atoms with Gasteiger partial charge in [-0.3, -0.25) is 4.31 Å².